The van der Waals surface area contributed by atoms with Crippen molar-refractivity contribution < 1.29 is 14.6 Å². The van der Waals surface area contributed by atoms with Crippen LogP contribution in [0, 0.1) is 0 Å². The fraction of sp³-hybridized carbons (Fsp3) is 1.00. The summed E-state index contributed by atoms with van der Waals surface area (Å²) in [6.45, 7) is 1.19. The highest BCUT2D eigenvalue weighted by molar-refractivity contribution is 4.62. The number of ether oxygens (including phenoxy) is 2. The highest BCUT2D eigenvalue weighted by Crippen LogP contribution is 2.11. The number of aliphatic hydroxyl groups is 1. The molecule has 0 amide bonds. The molecule has 9 heavy (non-hydrogen) atoms. The van der Waals surface area contributed by atoms with Crippen LogP contribution in [0.25, 0.3) is 0 Å². The molecule has 1 aliphatic rings. The van der Waals surface area contributed by atoms with Gasteiger partial charge >= 0.3 is 0 Å². The molecule has 1 atom stereocenters. The summed E-state index contributed by atoms with van der Waals surface area (Å²) < 4.78 is 9.97. The van der Waals surface area contributed by atoms with E-state index in [0.717, 1.165) is 19.4 Å². The Hall–Kier alpha value is -0.120. The maximum atomic E-state index is 8.25. The Morgan fingerprint density at radius 2 is 2.56 bits per heavy atom. The van der Waals surface area contributed by atoms with E-state index in [1.54, 1.807) is 0 Å². The van der Waals surface area contributed by atoms with Crippen molar-refractivity contribution in [2.24, 2.45) is 0 Å². The van der Waals surface area contributed by atoms with Crippen molar-refractivity contribution in [3.63, 3.8) is 0 Å². The minimum absolute atomic E-state index is 0.195. The average Bonchev–Trinajstić information content (AvgIpc) is 2.34. The van der Waals surface area contributed by atoms with Gasteiger partial charge in [-0.3, -0.25) is 0 Å². The lowest BCUT2D eigenvalue weighted by atomic mass is 10.2. The van der Waals surface area contributed by atoms with Gasteiger partial charge in [0, 0.05) is 6.61 Å². The van der Waals surface area contributed by atoms with Crippen LogP contribution in [0.2, 0.25) is 0 Å². The third kappa shape index (κ3) is 2.30. The summed E-state index contributed by atoms with van der Waals surface area (Å²) in [4.78, 5) is 0. The van der Waals surface area contributed by atoms with Crippen molar-refractivity contribution in [3.05, 3.63) is 0 Å². The molecule has 1 aliphatic heterocycles. The van der Waals surface area contributed by atoms with Gasteiger partial charge in [-0.2, -0.15) is 0 Å². The fourth-order valence-corrected chi connectivity index (χ4v) is 0.960. The predicted molar refractivity (Wildman–Crippen MR) is 32.0 cm³/mol. The average molecular weight is 132 g/mol. The predicted octanol–water partition coefficient (Wildman–Crippen LogP) is 0.132. The normalized spacial score (nSPS) is 27.0. The summed E-state index contributed by atoms with van der Waals surface area (Å²) in [6.07, 6.45) is 2.43. The molecule has 1 saturated heterocycles. The largest absolute Gasteiger partial charge is 0.376 e. The Bertz CT molecular complexity index is 68.7. The molecule has 0 aromatic rings. The van der Waals surface area contributed by atoms with Gasteiger partial charge in [0.2, 0.25) is 0 Å². The van der Waals surface area contributed by atoms with Crippen LogP contribution in [-0.4, -0.2) is 31.2 Å². The molecule has 0 radical (unpaired) electrons. The Morgan fingerprint density at radius 1 is 1.67 bits per heavy atom. The second-order valence-corrected chi connectivity index (χ2v) is 2.13. The highest BCUT2D eigenvalue weighted by atomic mass is 16.6. The smallest absolute Gasteiger partial charge is 0.143 e. The minimum Gasteiger partial charge on any atom is -0.376 e. The maximum Gasteiger partial charge on any atom is 0.143 e. The molecule has 1 N–H and O–H groups in total. The molecule has 0 bridgehead atoms. The molecule has 54 valence electrons. The molecule has 0 aliphatic carbocycles. The van der Waals surface area contributed by atoms with Crippen molar-refractivity contribution in [1.29, 1.82) is 0 Å². The van der Waals surface area contributed by atoms with E-state index in [1.807, 2.05) is 0 Å². The van der Waals surface area contributed by atoms with Crippen molar-refractivity contribution in [1.82, 2.24) is 0 Å². The summed E-state index contributed by atoms with van der Waals surface area (Å²) in [5, 5.41) is 8.25. The maximum absolute atomic E-state index is 8.25. The second kappa shape index (κ2) is 3.82. The molecule has 0 spiro atoms. The van der Waals surface area contributed by atoms with Crippen LogP contribution in [0.4, 0.5) is 0 Å². The zero-order valence-electron chi connectivity index (χ0n) is 5.38. The van der Waals surface area contributed by atoms with Gasteiger partial charge in [0.05, 0.1) is 12.7 Å². The van der Waals surface area contributed by atoms with E-state index in [9.17, 15) is 0 Å². The van der Waals surface area contributed by atoms with Gasteiger partial charge in [-0.05, 0) is 12.8 Å². The standard InChI is InChI=1S/C6H12O3/c7-5-8-4-6-2-1-3-9-6/h6-7H,1-5H2. The van der Waals surface area contributed by atoms with Gasteiger partial charge in [-0.15, -0.1) is 0 Å². The van der Waals surface area contributed by atoms with Gasteiger partial charge in [0.1, 0.15) is 6.79 Å². The molecule has 0 aromatic heterocycles. The Kier molecular flexibility index (Phi) is 2.97. The van der Waals surface area contributed by atoms with Crippen molar-refractivity contribution in [3.8, 4) is 0 Å². The van der Waals surface area contributed by atoms with E-state index in [1.165, 1.54) is 0 Å². The summed E-state index contributed by atoms with van der Waals surface area (Å²) in [7, 11) is 0. The fourth-order valence-electron chi connectivity index (χ4n) is 0.960. The van der Waals surface area contributed by atoms with Crippen molar-refractivity contribution in [2.45, 2.75) is 18.9 Å². The molecule has 3 nitrogen and oxygen atoms in total. The Labute approximate surface area is 54.6 Å². The molecule has 1 heterocycles. The number of hydrogen-bond donors (Lipinski definition) is 1. The van der Waals surface area contributed by atoms with E-state index in [-0.39, 0.29) is 12.9 Å². The SMILES string of the molecule is OCOCC1CCCO1. The summed E-state index contributed by atoms with van der Waals surface area (Å²) in [6, 6.07) is 0. The van der Waals surface area contributed by atoms with E-state index >= 15 is 0 Å². The number of aliphatic hydroxyl groups excluding tert-OH is 1. The molecule has 1 fully saturated rings. The van der Waals surface area contributed by atoms with Crippen LogP contribution < -0.4 is 0 Å². The van der Waals surface area contributed by atoms with E-state index in [2.05, 4.69) is 0 Å². The molecule has 1 unspecified atom stereocenters. The molecular weight excluding hydrogens is 120 g/mol. The quantitative estimate of drug-likeness (QED) is 0.555. The monoisotopic (exact) mass is 132 g/mol. The molecule has 0 aromatic carbocycles. The third-order valence-corrected chi connectivity index (χ3v) is 1.42. The first-order valence-corrected chi connectivity index (χ1v) is 3.23. The van der Waals surface area contributed by atoms with Gasteiger partial charge in [0.15, 0.2) is 0 Å². The first kappa shape index (κ1) is 6.99. The minimum atomic E-state index is -0.195. The van der Waals surface area contributed by atoms with Crippen LogP contribution in [0.15, 0.2) is 0 Å². The first-order valence-electron chi connectivity index (χ1n) is 3.23. The summed E-state index contributed by atoms with van der Waals surface area (Å²) >= 11 is 0. The highest BCUT2D eigenvalue weighted by Gasteiger charge is 2.14. The van der Waals surface area contributed by atoms with Crippen LogP contribution >= 0.6 is 0 Å². The van der Waals surface area contributed by atoms with E-state index < -0.39 is 0 Å². The zero-order valence-corrected chi connectivity index (χ0v) is 5.38. The van der Waals surface area contributed by atoms with Crippen LogP contribution in [0.5, 0.6) is 0 Å². The summed E-state index contributed by atoms with van der Waals surface area (Å²) in [5.74, 6) is 0. The topological polar surface area (TPSA) is 38.7 Å². The van der Waals surface area contributed by atoms with Crippen molar-refractivity contribution >= 4 is 0 Å². The molecule has 0 saturated carbocycles. The second-order valence-electron chi connectivity index (χ2n) is 2.13. The van der Waals surface area contributed by atoms with Crippen LogP contribution in [0.1, 0.15) is 12.8 Å². The Morgan fingerprint density at radius 3 is 3.11 bits per heavy atom. The lowest BCUT2D eigenvalue weighted by Crippen LogP contribution is -2.14. The summed E-state index contributed by atoms with van der Waals surface area (Å²) in [5.41, 5.74) is 0. The lowest BCUT2D eigenvalue weighted by Gasteiger charge is -2.06. The number of rotatable bonds is 3. The van der Waals surface area contributed by atoms with Gasteiger partial charge in [0.25, 0.3) is 0 Å². The molecular formula is C6H12O3. The first-order chi connectivity index (χ1) is 4.43. The van der Waals surface area contributed by atoms with Gasteiger partial charge < -0.3 is 14.6 Å². The van der Waals surface area contributed by atoms with E-state index in [4.69, 9.17) is 14.6 Å². The van der Waals surface area contributed by atoms with Crippen LogP contribution in [0.3, 0.4) is 0 Å². The number of hydrogen-bond acceptors (Lipinski definition) is 3. The van der Waals surface area contributed by atoms with Crippen LogP contribution in [-0.2, 0) is 9.47 Å². The molecule has 3 heteroatoms. The van der Waals surface area contributed by atoms with Gasteiger partial charge in [-0.25, -0.2) is 0 Å². The third-order valence-electron chi connectivity index (χ3n) is 1.42. The lowest BCUT2D eigenvalue weighted by molar-refractivity contribution is -0.0477. The Balaban J connectivity index is 1.98. The molecule has 1 rings (SSSR count). The zero-order chi connectivity index (χ0) is 6.53. The van der Waals surface area contributed by atoms with E-state index in [0.29, 0.717) is 6.61 Å². The van der Waals surface area contributed by atoms with Gasteiger partial charge in [-0.1, -0.05) is 0 Å². The van der Waals surface area contributed by atoms with Crippen molar-refractivity contribution in [2.75, 3.05) is 20.0 Å².